The van der Waals surface area contributed by atoms with Gasteiger partial charge in [0.1, 0.15) is 22.6 Å². The van der Waals surface area contributed by atoms with Crippen molar-refractivity contribution < 1.29 is 13.2 Å². The smallest absolute Gasteiger partial charge is 0.164 e. The third kappa shape index (κ3) is 2.34. The van der Waals surface area contributed by atoms with Gasteiger partial charge in [0, 0.05) is 17.0 Å². The van der Waals surface area contributed by atoms with Crippen LogP contribution < -0.4 is 0 Å². The quantitative estimate of drug-likeness (QED) is 0.610. The fraction of sp³-hybridized carbons (Fsp3) is 0.0667. The van der Waals surface area contributed by atoms with Gasteiger partial charge < -0.3 is 0 Å². The molecule has 0 saturated heterocycles. The Kier molecular flexibility index (Phi) is 3.29. The van der Waals surface area contributed by atoms with E-state index >= 15 is 0 Å². The first kappa shape index (κ1) is 13.8. The van der Waals surface area contributed by atoms with E-state index in [1.54, 1.807) is 6.92 Å². The normalized spacial score (nSPS) is 11.1. The highest BCUT2D eigenvalue weighted by Crippen LogP contribution is 2.29. The van der Waals surface area contributed by atoms with Crippen molar-refractivity contribution in [2.45, 2.75) is 6.92 Å². The number of benzene rings is 2. The molecule has 0 N–H and O–H groups in total. The van der Waals surface area contributed by atoms with Crippen molar-refractivity contribution in [1.82, 2.24) is 9.97 Å². The maximum atomic E-state index is 13.8. The molecule has 1 heterocycles. The second-order valence-electron chi connectivity index (χ2n) is 4.53. The van der Waals surface area contributed by atoms with Gasteiger partial charge in [-0.15, -0.1) is 0 Å². The highest BCUT2D eigenvalue weighted by molar-refractivity contribution is 6.34. The van der Waals surface area contributed by atoms with Gasteiger partial charge in [0.15, 0.2) is 5.82 Å². The van der Waals surface area contributed by atoms with Crippen LogP contribution in [-0.4, -0.2) is 9.97 Å². The summed E-state index contributed by atoms with van der Waals surface area (Å²) in [6.07, 6.45) is 0. The van der Waals surface area contributed by atoms with Crippen molar-refractivity contribution in [3.63, 3.8) is 0 Å². The molecule has 0 fully saturated rings. The second-order valence-corrected chi connectivity index (χ2v) is 4.89. The van der Waals surface area contributed by atoms with E-state index < -0.39 is 17.5 Å². The Hall–Kier alpha value is -2.14. The van der Waals surface area contributed by atoms with Gasteiger partial charge in [0.05, 0.1) is 11.1 Å². The molecule has 0 radical (unpaired) electrons. The van der Waals surface area contributed by atoms with Crippen LogP contribution in [0.25, 0.3) is 22.3 Å². The van der Waals surface area contributed by atoms with E-state index in [0.29, 0.717) is 16.5 Å². The minimum Gasteiger partial charge on any atom is -0.227 e. The molecule has 2 aromatic carbocycles. The molecule has 3 rings (SSSR count). The van der Waals surface area contributed by atoms with Crippen molar-refractivity contribution in [1.29, 1.82) is 0 Å². The average molecular weight is 309 g/mol. The molecule has 0 spiro atoms. The van der Waals surface area contributed by atoms with Crippen LogP contribution in [0.1, 0.15) is 5.56 Å². The summed E-state index contributed by atoms with van der Waals surface area (Å²) in [5.74, 6) is -1.97. The highest BCUT2D eigenvalue weighted by Gasteiger charge is 2.15. The molecule has 0 atom stereocenters. The van der Waals surface area contributed by atoms with Crippen LogP contribution in [-0.2, 0) is 0 Å². The Balaban J connectivity index is 2.31. The summed E-state index contributed by atoms with van der Waals surface area (Å²) in [6, 6.07) is 5.78. The number of rotatable bonds is 1. The number of nitrogens with zero attached hydrogens (tertiary/aromatic N) is 2. The van der Waals surface area contributed by atoms with Gasteiger partial charge >= 0.3 is 0 Å². The van der Waals surface area contributed by atoms with Crippen molar-refractivity contribution in [3.8, 4) is 11.4 Å². The van der Waals surface area contributed by atoms with Crippen molar-refractivity contribution in [2.75, 3.05) is 0 Å². The molecule has 2 nitrogen and oxygen atoms in total. The van der Waals surface area contributed by atoms with E-state index in [2.05, 4.69) is 9.97 Å². The summed E-state index contributed by atoms with van der Waals surface area (Å²) >= 11 is 6.05. The fourth-order valence-electron chi connectivity index (χ4n) is 2.06. The Bertz CT molecular complexity index is 865. The van der Waals surface area contributed by atoms with Crippen LogP contribution in [0.15, 0.2) is 30.3 Å². The Morgan fingerprint density at radius 3 is 2.43 bits per heavy atom. The van der Waals surface area contributed by atoms with Crippen LogP contribution in [0, 0.1) is 24.4 Å². The lowest BCUT2D eigenvalue weighted by atomic mass is 10.1. The van der Waals surface area contributed by atoms with Crippen LogP contribution in [0.4, 0.5) is 13.2 Å². The Morgan fingerprint density at radius 2 is 1.71 bits per heavy atom. The maximum Gasteiger partial charge on any atom is 0.164 e. The van der Waals surface area contributed by atoms with E-state index in [9.17, 15) is 13.2 Å². The molecular formula is C15H8ClF3N2. The van der Waals surface area contributed by atoms with Gasteiger partial charge in [0.25, 0.3) is 0 Å². The SMILES string of the molecule is Cc1c(F)ccc2c(Cl)nc(-c3ccc(F)cc3F)nc12. The van der Waals surface area contributed by atoms with Gasteiger partial charge in [-0.05, 0) is 31.2 Å². The zero-order chi connectivity index (χ0) is 15.1. The number of aromatic nitrogens is 2. The molecular weight excluding hydrogens is 301 g/mol. The molecule has 0 bridgehead atoms. The van der Waals surface area contributed by atoms with Gasteiger partial charge in [-0.3, -0.25) is 0 Å². The highest BCUT2D eigenvalue weighted by atomic mass is 35.5. The maximum absolute atomic E-state index is 13.8. The van der Waals surface area contributed by atoms with E-state index in [0.717, 1.165) is 12.1 Å². The zero-order valence-electron chi connectivity index (χ0n) is 10.8. The largest absolute Gasteiger partial charge is 0.227 e. The monoisotopic (exact) mass is 308 g/mol. The van der Waals surface area contributed by atoms with E-state index in [1.165, 1.54) is 18.2 Å². The number of hydrogen-bond acceptors (Lipinski definition) is 2. The fourth-order valence-corrected chi connectivity index (χ4v) is 2.29. The minimum atomic E-state index is -0.806. The average Bonchev–Trinajstić information content (AvgIpc) is 2.43. The molecule has 21 heavy (non-hydrogen) atoms. The molecule has 0 amide bonds. The third-order valence-electron chi connectivity index (χ3n) is 3.18. The number of halogens is 4. The molecule has 0 aliphatic heterocycles. The minimum absolute atomic E-state index is 0.00358. The van der Waals surface area contributed by atoms with Crippen LogP contribution in [0.3, 0.4) is 0 Å². The number of fused-ring (bicyclic) bond motifs is 1. The molecule has 106 valence electrons. The van der Waals surface area contributed by atoms with Crippen molar-refractivity contribution in [2.24, 2.45) is 0 Å². The lowest BCUT2D eigenvalue weighted by Gasteiger charge is -2.08. The molecule has 0 aliphatic carbocycles. The molecule has 0 unspecified atom stereocenters. The number of aryl methyl sites for hydroxylation is 1. The summed E-state index contributed by atoms with van der Waals surface area (Å²) in [4.78, 5) is 8.16. The predicted octanol–water partition coefficient (Wildman–Crippen LogP) is 4.68. The molecule has 6 heteroatoms. The summed E-state index contributed by atoms with van der Waals surface area (Å²) in [5.41, 5.74) is 0.596. The van der Waals surface area contributed by atoms with Crippen molar-refractivity contribution in [3.05, 3.63) is 58.5 Å². The molecule has 0 saturated carbocycles. The van der Waals surface area contributed by atoms with Crippen LogP contribution in [0.2, 0.25) is 5.15 Å². The third-order valence-corrected chi connectivity index (χ3v) is 3.47. The lowest BCUT2D eigenvalue weighted by Crippen LogP contribution is -1.97. The van der Waals surface area contributed by atoms with Gasteiger partial charge in [-0.1, -0.05) is 11.6 Å². The first-order valence-corrected chi connectivity index (χ1v) is 6.43. The lowest BCUT2D eigenvalue weighted by molar-refractivity contribution is 0.585. The van der Waals surface area contributed by atoms with E-state index in [4.69, 9.17) is 11.6 Å². The van der Waals surface area contributed by atoms with Crippen LogP contribution >= 0.6 is 11.6 Å². The Labute approximate surface area is 123 Å². The number of hydrogen-bond donors (Lipinski definition) is 0. The molecule has 3 aromatic rings. The van der Waals surface area contributed by atoms with Crippen LogP contribution in [0.5, 0.6) is 0 Å². The van der Waals surface area contributed by atoms with Crippen molar-refractivity contribution >= 4 is 22.5 Å². The summed E-state index contributed by atoms with van der Waals surface area (Å²) in [6.45, 7) is 1.55. The standard InChI is InChI=1S/C15H8ClF3N2/c1-7-11(18)5-4-10-13(7)20-15(21-14(10)16)9-3-2-8(17)6-12(9)19/h2-6H,1H3. The zero-order valence-corrected chi connectivity index (χ0v) is 11.5. The molecule has 0 aliphatic rings. The van der Waals surface area contributed by atoms with Gasteiger partial charge in [-0.2, -0.15) is 0 Å². The van der Waals surface area contributed by atoms with E-state index in [1.807, 2.05) is 0 Å². The topological polar surface area (TPSA) is 25.8 Å². The summed E-state index contributed by atoms with van der Waals surface area (Å²) in [5, 5.41) is 0.559. The van der Waals surface area contributed by atoms with Gasteiger partial charge in [-0.25, -0.2) is 23.1 Å². The van der Waals surface area contributed by atoms with E-state index in [-0.39, 0.29) is 16.5 Å². The second kappa shape index (κ2) is 5.00. The van der Waals surface area contributed by atoms with Gasteiger partial charge in [0.2, 0.25) is 0 Å². The first-order chi connectivity index (χ1) is 9.97. The summed E-state index contributed by atoms with van der Waals surface area (Å²) in [7, 11) is 0. The molecule has 1 aromatic heterocycles. The predicted molar refractivity (Wildman–Crippen MR) is 74.6 cm³/mol. The summed E-state index contributed by atoms with van der Waals surface area (Å²) < 4.78 is 40.4. The Morgan fingerprint density at radius 1 is 0.952 bits per heavy atom. The first-order valence-electron chi connectivity index (χ1n) is 6.05.